The van der Waals surface area contributed by atoms with Crippen molar-refractivity contribution >= 4 is 10.9 Å². The summed E-state index contributed by atoms with van der Waals surface area (Å²) < 4.78 is 1.61. The van der Waals surface area contributed by atoms with Crippen LogP contribution in [-0.4, -0.2) is 24.7 Å². The summed E-state index contributed by atoms with van der Waals surface area (Å²) in [5, 5.41) is 5.29. The van der Waals surface area contributed by atoms with Crippen LogP contribution in [0.15, 0.2) is 65.8 Å². The van der Waals surface area contributed by atoms with Gasteiger partial charge in [-0.1, -0.05) is 30.3 Å². The lowest BCUT2D eigenvalue weighted by Gasteiger charge is -2.04. The maximum atomic E-state index is 11.4. The second-order valence-corrected chi connectivity index (χ2v) is 4.80. The van der Waals surface area contributed by atoms with Crippen LogP contribution in [0, 0.1) is 0 Å². The smallest absolute Gasteiger partial charge is 0.248 e. The lowest BCUT2D eigenvalue weighted by atomic mass is 10.2. The molecular formula is C16H11N5O. The van der Waals surface area contributed by atoms with E-state index in [9.17, 15) is 4.79 Å². The lowest BCUT2D eigenvalue weighted by molar-refractivity contribution is 0.856. The fraction of sp³-hybridized carbons (Fsp3) is 0. The molecule has 22 heavy (non-hydrogen) atoms. The molecule has 6 heteroatoms. The van der Waals surface area contributed by atoms with Crippen molar-refractivity contribution in [2.45, 2.75) is 0 Å². The Morgan fingerprint density at radius 3 is 2.68 bits per heavy atom. The van der Waals surface area contributed by atoms with E-state index in [1.54, 1.807) is 29.3 Å². The van der Waals surface area contributed by atoms with Gasteiger partial charge in [0.05, 0.1) is 5.52 Å². The maximum absolute atomic E-state index is 11.4. The molecule has 1 aromatic carbocycles. The van der Waals surface area contributed by atoms with E-state index in [1.165, 1.54) is 6.07 Å². The summed E-state index contributed by atoms with van der Waals surface area (Å²) in [6.07, 6.45) is 3.26. The van der Waals surface area contributed by atoms with Crippen molar-refractivity contribution in [2.75, 3.05) is 0 Å². The van der Waals surface area contributed by atoms with Gasteiger partial charge in [0, 0.05) is 23.2 Å². The number of hydrogen-bond donors (Lipinski definition) is 1. The molecule has 3 aromatic heterocycles. The van der Waals surface area contributed by atoms with Gasteiger partial charge < -0.3 is 4.98 Å². The molecule has 0 aliphatic rings. The number of nitrogens with one attached hydrogen (secondary N) is 1. The van der Waals surface area contributed by atoms with Gasteiger partial charge in [-0.3, -0.25) is 4.79 Å². The Morgan fingerprint density at radius 2 is 1.82 bits per heavy atom. The third kappa shape index (κ3) is 2.07. The number of H-pyrrole nitrogens is 1. The first-order chi connectivity index (χ1) is 10.8. The van der Waals surface area contributed by atoms with Gasteiger partial charge >= 0.3 is 0 Å². The van der Waals surface area contributed by atoms with E-state index in [1.807, 2.05) is 30.3 Å². The molecule has 1 N–H and O–H groups in total. The van der Waals surface area contributed by atoms with E-state index >= 15 is 0 Å². The first-order valence-electron chi connectivity index (χ1n) is 6.77. The minimum Gasteiger partial charge on any atom is -0.322 e. The third-order valence-corrected chi connectivity index (χ3v) is 3.37. The van der Waals surface area contributed by atoms with Crippen molar-refractivity contribution in [3.8, 4) is 17.2 Å². The van der Waals surface area contributed by atoms with Crippen molar-refractivity contribution in [1.82, 2.24) is 24.7 Å². The Morgan fingerprint density at radius 1 is 0.955 bits per heavy atom. The van der Waals surface area contributed by atoms with Gasteiger partial charge in [-0.25, -0.2) is 14.6 Å². The summed E-state index contributed by atoms with van der Waals surface area (Å²) in [4.78, 5) is 22.9. The minimum absolute atomic E-state index is 0.145. The van der Waals surface area contributed by atoms with Crippen molar-refractivity contribution in [3.05, 3.63) is 71.4 Å². The summed E-state index contributed by atoms with van der Waals surface area (Å²) in [5.74, 6) is 1.26. The highest BCUT2D eigenvalue weighted by molar-refractivity contribution is 5.84. The predicted molar refractivity (Wildman–Crippen MR) is 82.7 cm³/mol. The van der Waals surface area contributed by atoms with Gasteiger partial charge in [-0.15, -0.1) is 5.10 Å². The molecule has 106 valence electrons. The van der Waals surface area contributed by atoms with Crippen LogP contribution in [0.3, 0.4) is 0 Å². The van der Waals surface area contributed by atoms with Gasteiger partial charge in [-0.05, 0) is 12.1 Å². The van der Waals surface area contributed by atoms with Gasteiger partial charge in [0.25, 0.3) is 0 Å². The van der Waals surface area contributed by atoms with Crippen LogP contribution in [0.2, 0.25) is 0 Å². The average molecular weight is 289 g/mol. The Balaban J connectivity index is 1.87. The molecule has 0 radical (unpaired) electrons. The van der Waals surface area contributed by atoms with Gasteiger partial charge in [-0.2, -0.15) is 0 Å². The van der Waals surface area contributed by atoms with E-state index in [-0.39, 0.29) is 5.56 Å². The van der Waals surface area contributed by atoms with E-state index in [4.69, 9.17) is 0 Å². The summed E-state index contributed by atoms with van der Waals surface area (Å²) in [6, 6.07) is 14.7. The van der Waals surface area contributed by atoms with Crippen LogP contribution >= 0.6 is 0 Å². The Labute approximate surface area is 125 Å². The largest absolute Gasteiger partial charge is 0.322 e. The van der Waals surface area contributed by atoms with Gasteiger partial charge in [0.2, 0.25) is 5.56 Å². The fourth-order valence-electron chi connectivity index (χ4n) is 2.34. The standard InChI is InChI=1S/C16H11N5O/c22-14-7-6-12-13(19-14)8-9-17-16(12)21-10-18-15(20-21)11-4-2-1-3-5-11/h1-10H,(H,19,22). The number of benzene rings is 1. The zero-order chi connectivity index (χ0) is 14.9. The van der Waals surface area contributed by atoms with Crippen LogP contribution in [-0.2, 0) is 0 Å². The Hall–Kier alpha value is -3.28. The average Bonchev–Trinajstić information content (AvgIpc) is 3.04. The molecule has 0 saturated carbocycles. The molecule has 0 amide bonds. The van der Waals surface area contributed by atoms with Crippen molar-refractivity contribution in [1.29, 1.82) is 0 Å². The zero-order valence-electron chi connectivity index (χ0n) is 11.5. The zero-order valence-corrected chi connectivity index (χ0v) is 11.5. The van der Waals surface area contributed by atoms with Crippen LogP contribution < -0.4 is 5.56 Å². The number of hydrogen-bond acceptors (Lipinski definition) is 4. The normalized spacial score (nSPS) is 10.9. The third-order valence-electron chi connectivity index (χ3n) is 3.37. The number of aromatic amines is 1. The second kappa shape index (κ2) is 4.92. The Kier molecular flexibility index (Phi) is 2.79. The van der Waals surface area contributed by atoms with Crippen LogP contribution in [0.4, 0.5) is 0 Å². The molecule has 4 rings (SSSR count). The van der Waals surface area contributed by atoms with Crippen LogP contribution in [0.1, 0.15) is 0 Å². The number of nitrogens with zero attached hydrogens (tertiary/aromatic N) is 4. The lowest BCUT2D eigenvalue weighted by Crippen LogP contribution is -2.05. The summed E-state index contributed by atoms with van der Waals surface area (Å²) in [5.41, 5.74) is 1.51. The van der Waals surface area contributed by atoms with E-state index in [0.29, 0.717) is 17.2 Å². The minimum atomic E-state index is -0.145. The fourth-order valence-corrected chi connectivity index (χ4v) is 2.34. The molecule has 0 spiro atoms. The number of rotatable bonds is 2. The molecule has 3 heterocycles. The monoisotopic (exact) mass is 289 g/mol. The highest BCUT2D eigenvalue weighted by Crippen LogP contribution is 2.18. The second-order valence-electron chi connectivity index (χ2n) is 4.80. The SMILES string of the molecule is O=c1ccc2c(-n3cnc(-c4ccccc4)n3)nccc2[nH]1. The topological polar surface area (TPSA) is 76.5 Å². The van der Waals surface area contributed by atoms with Crippen LogP contribution in [0.25, 0.3) is 28.1 Å². The molecule has 0 unspecified atom stereocenters. The van der Waals surface area contributed by atoms with E-state index < -0.39 is 0 Å². The molecule has 0 fully saturated rings. The molecule has 0 bridgehead atoms. The molecule has 0 saturated heterocycles. The van der Waals surface area contributed by atoms with E-state index in [0.717, 1.165) is 10.9 Å². The molecule has 0 atom stereocenters. The number of aromatic nitrogens is 5. The number of fused-ring (bicyclic) bond motifs is 1. The first kappa shape index (κ1) is 12.5. The first-order valence-corrected chi connectivity index (χ1v) is 6.77. The van der Waals surface area contributed by atoms with Gasteiger partial charge in [0.15, 0.2) is 11.6 Å². The van der Waals surface area contributed by atoms with Crippen molar-refractivity contribution < 1.29 is 0 Å². The predicted octanol–water partition coefficient (Wildman–Crippen LogP) is 2.17. The quantitative estimate of drug-likeness (QED) is 0.613. The highest BCUT2D eigenvalue weighted by atomic mass is 16.1. The summed E-state index contributed by atoms with van der Waals surface area (Å²) >= 11 is 0. The maximum Gasteiger partial charge on any atom is 0.248 e. The molecular weight excluding hydrogens is 278 g/mol. The van der Waals surface area contributed by atoms with E-state index in [2.05, 4.69) is 20.1 Å². The Bertz CT molecular complexity index is 1000. The highest BCUT2D eigenvalue weighted by Gasteiger charge is 2.09. The molecule has 4 aromatic rings. The molecule has 0 aliphatic heterocycles. The van der Waals surface area contributed by atoms with Crippen molar-refractivity contribution in [3.63, 3.8) is 0 Å². The molecule has 0 aliphatic carbocycles. The summed E-state index contributed by atoms with van der Waals surface area (Å²) in [7, 11) is 0. The summed E-state index contributed by atoms with van der Waals surface area (Å²) in [6.45, 7) is 0. The van der Waals surface area contributed by atoms with Crippen molar-refractivity contribution in [2.24, 2.45) is 0 Å². The number of pyridine rings is 2. The van der Waals surface area contributed by atoms with Gasteiger partial charge in [0.1, 0.15) is 6.33 Å². The molecule has 6 nitrogen and oxygen atoms in total. The van der Waals surface area contributed by atoms with Crippen LogP contribution in [0.5, 0.6) is 0 Å².